The fraction of sp³-hybridized carbons (Fsp3) is 0.154. The normalized spacial score (nSPS) is 10.8. The summed E-state index contributed by atoms with van der Waals surface area (Å²) in [7, 11) is 1.56. The number of carbonyl (C=O) groups is 1. The van der Waals surface area contributed by atoms with Crippen molar-refractivity contribution in [3.63, 3.8) is 0 Å². The minimum Gasteiger partial charge on any atom is -0.493 e. The first kappa shape index (κ1) is 21.7. The highest BCUT2D eigenvalue weighted by Gasteiger charge is 2.11. The lowest BCUT2D eigenvalue weighted by Crippen LogP contribution is -2.23. The van der Waals surface area contributed by atoms with Crippen LogP contribution in [-0.2, 0) is 17.8 Å². The van der Waals surface area contributed by atoms with E-state index in [1.165, 1.54) is 11.6 Å². The van der Waals surface area contributed by atoms with E-state index in [9.17, 15) is 10.1 Å². The van der Waals surface area contributed by atoms with Gasteiger partial charge in [0, 0.05) is 13.0 Å². The van der Waals surface area contributed by atoms with Gasteiger partial charge in [0.1, 0.15) is 11.6 Å². The van der Waals surface area contributed by atoms with E-state index in [1.54, 1.807) is 25.3 Å². The molecule has 0 aliphatic heterocycles. The van der Waals surface area contributed by atoms with E-state index < -0.39 is 5.91 Å². The molecule has 0 heterocycles. The van der Waals surface area contributed by atoms with Crippen LogP contribution >= 0.6 is 0 Å². The average molecular weight is 412 g/mol. The van der Waals surface area contributed by atoms with Crippen LogP contribution in [0.5, 0.6) is 11.5 Å². The SMILES string of the molecule is COc1cc(/C=C(/C#N)C(=O)NCc2ccccc2)ccc1OCCc1ccccc1. The molecule has 3 aromatic rings. The van der Waals surface area contributed by atoms with Gasteiger partial charge in [-0.2, -0.15) is 5.26 Å². The van der Waals surface area contributed by atoms with Crippen LogP contribution in [-0.4, -0.2) is 19.6 Å². The lowest BCUT2D eigenvalue weighted by atomic mass is 10.1. The van der Waals surface area contributed by atoms with Crippen molar-refractivity contribution >= 4 is 12.0 Å². The molecule has 0 saturated carbocycles. The molecule has 0 aliphatic rings. The van der Waals surface area contributed by atoms with Gasteiger partial charge < -0.3 is 14.8 Å². The van der Waals surface area contributed by atoms with Crippen LogP contribution in [0.2, 0.25) is 0 Å². The molecule has 0 unspecified atom stereocenters. The van der Waals surface area contributed by atoms with Gasteiger partial charge >= 0.3 is 0 Å². The maximum absolute atomic E-state index is 12.4. The summed E-state index contributed by atoms with van der Waals surface area (Å²) in [4.78, 5) is 12.4. The number of amides is 1. The van der Waals surface area contributed by atoms with Crippen molar-refractivity contribution < 1.29 is 14.3 Å². The van der Waals surface area contributed by atoms with Gasteiger partial charge in [-0.25, -0.2) is 0 Å². The summed E-state index contributed by atoms with van der Waals surface area (Å²) in [6.07, 6.45) is 2.32. The van der Waals surface area contributed by atoms with E-state index >= 15 is 0 Å². The van der Waals surface area contributed by atoms with Crippen LogP contribution in [0.1, 0.15) is 16.7 Å². The van der Waals surface area contributed by atoms with Gasteiger partial charge in [0.25, 0.3) is 5.91 Å². The van der Waals surface area contributed by atoms with Crippen LogP contribution in [0, 0.1) is 11.3 Å². The molecule has 0 spiro atoms. The topological polar surface area (TPSA) is 71.3 Å². The number of methoxy groups -OCH3 is 1. The highest BCUT2D eigenvalue weighted by Crippen LogP contribution is 2.29. The van der Waals surface area contributed by atoms with Crippen molar-refractivity contribution in [3.8, 4) is 17.6 Å². The summed E-state index contributed by atoms with van der Waals surface area (Å²) in [5, 5.41) is 12.2. The van der Waals surface area contributed by atoms with Gasteiger partial charge in [-0.15, -0.1) is 0 Å². The van der Waals surface area contributed by atoms with Crippen LogP contribution in [0.15, 0.2) is 84.4 Å². The first-order valence-corrected chi connectivity index (χ1v) is 9.98. The Hall–Kier alpha value is -4.04. The van der Waals surface area contributed by atoms with E-state index in [0.717, 1.165) is 12.0 Å². The molecule has 156 valence electrons. The third-order valence-electron chi connectivity index (χ3n) is 4.65. The summed E-state index contributed by atoms with van der Waals surface area (Å²) in [5.41, 5.74) is 2.86. The Labute approximate surface area is 182 Å². The summed E-state index contributed by atoms with van der Waals surface area (Å²) in [5.74, 6) is 0.736. The van der Waals surface area contributed by atoms with Gasteiger partial charge in [0.05, 0.1) is 13.7 Å². The summed E-state index contributed by atoms with van der Waals surface area (Å²) < 4.78 is 11.3. The predicted octanol–water partition coefficient (Wildman–Crippen LogP) is 4.54. The molecule has 5 nitrogen and oxygen atoms in total. The molecule has 1 N–H and O–H groups in total. The highest BCUT2D eigenvalue weighted by molar-refractivity contribution is 6.01. The summed E-state index contributed by atoms with van der Waals surface area (Å²) >= 11 is 0. The lowest BCUT2D eigenvalue weighted by Gasteiger charge is -2.11. The van der Waals surface area contributed by atoms with E-state index in [0.29, 0.717) is 30.2 Å². The number of hydrogen-bond acceptors (Lipinski definition) is 4. The third-order valence-corrected chi connectivity index (χ3v) is 4.65. The Kier molecular flexibility index (Phi) is 7.84. The number of nitrogens with zero attached hydrogens (tertiary/aromatic N) is 1. The molecular weight excluding hydrogens is 388 g/mol. The number of rotatable bonds is 9. The van der Waals surface area contributed by atoms with Crippen molar-refractivity contribution in [1.82, 2.24) is 5.32 Å². The zero-order valence-electron chi connectivity index (χ0n) is 17.4. The van der Waals surface area contributed by atoms with Gasteiger partial charge in [0.15, 0.2) is 11.5 Å². The number of ether oxygens (including phenoxy) is 2. The van der Waals surface area contributed by atoms with Crippen molar-refractivity contribution in [2.45, 2.75) is 13.0 Å². The standard InChI is InChI=1S/C26H24N2O3/c1-30-25-17-22(12-13-24(25)31-15-14-20-8-4-2-5-9-20)16-23(18-27)26(29)28-19-21-10-6-3-7-11-21/h2-13,16-17H,14-15,19H2,1H3,(H,28,29)/b23-16-. The van der Waals surface area contributed by atoms with Gasteiger partial charge in [-0.1, -0.05) is 66.7 Å². The zero-order valence-corrected chi connectivity index (χ0v) is 17.4. The van der Waals surface area contributed by atoms with E-state index in [2.05, 4.69) is 17.4 Å². The average Bonchev–Trinajstić information content (AvgIpc) is 2.83. The van der Waals surface area contributed by atoms with E-state index in [-0.39, 0.29) is 5.57 Å². The number of nitriles is 1. The number of nitrogens with one attached hydrogen (secondary N) is 1. The number of hydrogen-bond donors (Lipinski definition) is 1. The molecule has 3 aromatic carbocycles. The molecule has 0 radical (unpaired) electrons. The van der Waals surface area contributed by atoms with Gasteiger partial charge in [-0.05, 0) is 34.9 Å². The van der Waals surface area contributed by atoms with Crippen molar-refractivity contribution in [2.24, 2.45) is 0 Å². The van der Waals surface area contributed by atoms with Crippen LogP contribution in [0.25, 0.3) is 6.08 Å². The minimum absolute atomic E-state index is 0.0238. The summed E-state index contributed by atoms with van der Waals surface area (Å²) in [6.45, 7) is 0.872. The molecule has 0 saturated heterocycles. The Morgan fingerprint density at radius 2 is 1.65 bits per heavy atom. The zero-order chi connectivity index (χ0) is 21.9. The van der Waals surface area contributed by atoms with E-state index in [4.69, 9.17) is 9.47 Å². The van der Waals surface area contributed by atoms with Crippen LogP contribution in [0.4, 0.5) is 0 Å². The van der Waals surface area contributed by atoms with Crippen molar-refractivity contribution in [3.05, 3.63) is 101 Å². The molecule has 0 bridgehead atoms. The molecule has 31 heavy (non-hydrogen) atoms. The molecule has 3 rings (SSSR count). The van der Waals surface area contributed by atoms with Gasteiger partial charge in [-0.3, -0.25) is 4.79 Å². The molecule has 0 aliphatic carbocycles. The molecule has 5 heteroatoms. The fourth-order valence-corrected chi connectivity index (χ4v) is 3.01. The number of carbonyl (C=O) groups excluding carboxylic acids is 1. The fourth-order valence-electron chi connectivity index (χ4n) is 3.01. The van der Waals surface area contributed by atoms with E-state index in [1.807, 2.05) is 54.6 Å². The smallest absolute Gasteiger partial charge is 0.262 e. The lowest BCUT2D eigenvalue weighted by molar-refractivity contribution is -0.117. The third kappa shape index (κ3) is 6.48. The monoisotopic (exact) mass is 412 g/mol. The maximum Gasteiger partial charge on any atom is 0.262 e. The quantitative estimate of drug-likeness (QED) is 0.414. The second-order valence-electron chi connectivity index (χ2n) is 6.83. The molecule has 0 atom stereocenters. The Morgan fingerprint density at radius 3 is 2.29 bits per heavy atom. The number of benzene rings is 3. The summed E-state index contributed by atoms with van der Waals surface area (Å²) in [6, 6.07) is 26.9. The largest absolute Gasteiger partial charge is 0.493 e. The van der Waals surface area contributed by atoms with Crippen molar-refractivity contribution in [1.29, 1.82) is 5.26 Å². The highest BCUT2D eigenvalue weighted by atomic mass is 16.5. The van der Waals surface area contributed by atoms with Crippen molar-refractivity contribution in [2.75, 3.05) is 13.7 Å². The molecule has 0 fully saturated rings. The molecular formula is C26H24N2O3. The Bertz CT molecular complexity index is 1070. The van der Waals surface area contributed by atoms with Crippen LogP contribution in [0.3, 0.4) is 0 Å². The first-order chi connectivity index (χ1) is 15.2. The first-order valence-electron chi connectivity index (χ1n) is 9.98. The Morgan fingerprint density at radius 1 is 0.968 bits per heavy atom. The molecule has 0 aromatic heterocycles. The predicted molar refractivity (Wildman–Crippen MR) is 121 cm³/mol. The van der Waals surface area contributed by atoms with Gasteiger partial charge in [0.2, 0.25) is 0 Å². The minimum atomic E-state index is -0.423. The Balaban J connectivity index is 1.64. The second kappa shape index (κ2) is 11.2. The second-order valence-corrected chi connectivity index (χ2v) is 6.83. The molecule has 1 amide bonds. The van der Waals surface area contributed by atoms with Crippen LogP contribution < -0.4 is 14.8 Å². The maximum atomic E-state index is 12.4.